The molecule has 6 rings (SSSR count). The van der Waals surface area contributed by atoms with Crippen molar-refractivity contribution in [1.29, 1.82) is 0 Å². The Labute approximate surface area is 228 Å². The van der Waals surface area contributed by atoms with Gasteiger partial charge in [0, 0.05) is 62.4 Å². The number of nitrogens with zero attached hydrogens (tertiary/aromatic N) is 2. The van der Waals surface area contributed by atoms with E-state index in [4.69, 9.17) is 26.4 Å². The van der Waals surface area contributed by atoms with Crippen LogP contribution in [0.15, 0.2) is 36.4 Å². The number of aliphatic hydroxyl groups excluding tert-OH is 1. The zero-order chi connectivity index (χ0) is 26.4. The zero-order valence-electron chi connectivity index (χ0n) is 22.2. The van der Waals surface area contributed by atoms with Crippen LogP contribution in [0.4, 0.5) is 0 Å². The van der Waals surface area contributed by atoms with Crippen molar-refractivity contribution in [2.45, 2.75) is 38.0 Å². The lowest BCUT2D eigenvalue weighted by molar-refractivity contribution is -0.0138. The first kappa shape index (κ1) is 25.4. The number of H-pyrrole nitrogens is 1. The minimum absolute atomic E-state index is 0.105. The topological polar surface area (TPSA) is 82.2 Å². The second kappa shape index (κ2) is 10.4. The standard InChI is InChI=1S/C29H36N4O4S/c1-17(34)22-15-33-11-9-21-20-6-4-5-19(18-7-8-25-26(13-18)37-16-36-25)27(20)31-28(21)24(33)14-23(22)32(2)29(38)30-10-12-35-3/h4-8,13,17,22-24,31,34H,9-12,14-16H2,1-3H3,(H,30,38)/t17-,22-,23-,24-/m0/s1. The molecule has 1 aromatic heterocycles. The third kappa shape index (κ3) is 4.41. The van der Waals surface area contributed by atoms with E-state index in [9.17, 15) is 5.11 Å². The molecule has 38 heavy (non-hydrogen) atoms. The average Bonchev–Trinajstić information content (AvgIpc) is 3.56. The molecule has 0 aliphatic carbocycles. The largest absolute Gasteiger partial charge is 0.454 e. The summed E-state index contributed by atoms with van der Waals surface area (Å²) < 4.78 is 16.3. The molecule has 1 fully saturated rings. The van der Waals surface area contributed by atoms with Crippen LogP contribution in [0.2, 0.25) is 0 Å². The van der Waals surface area contributed by atoms with E-state index in [0.717, 1.165) is 54.1 Å². The predicted molar refractivity (Wildman–Crippen MR) is 152 cm³/mol. The molecular formula is C29H36N4O4S. The van der Waals surface area contributed by atoms with E-state index in [2.05, 4.69) is 50.4 Å². The Kier molecular flexibility index (Phi) is 6.94. The third-order valence-electron chi connectivity index (χ3n) is 8.51. The second-order valence-corrected chi connectivity index (χ2v) is 11.0. The van der Waals surface area contributed by atoms with E-state index in [1.54, 1.807) is 7.11 Å². The van der Waals surface area contributed by atoms with Crippen LogP contribution in [0.25, 0.3) is 22.0 Å². The maximum absolute atomic E-state index is 10.8. The summed E-state index contributed by atoms with van der Waals surface area (Å²) in [5, 5.41) is 16.0. The van der Waals surface area contributed by atoms with Crippen molar-refractivity contribution in [3.05, 3.63) is 47.7 Å². The summed E-state index contributed by atoms with van der Waals surface area (Å²) in [6, 6.07) is 13.1. The Morgan fingerprint density at radius 2 is 2.13 bits per heavy atom. The molecule has 9 heteroatoms. The molecule has 8 nitrogen and oxygen atoms in total. The molecule has 3 aliphatic heterocycles. The van der Waals surface area contributed by atoms with Gasteiger partial charge in [-0.3, -0.25) is 4.90 Å². The van der Waals surface area contributed by atoms with E-state index >= 15 is 0 Å². The number of para-hydroxylation sites is 1. The van der Waals surface area contributed by atoms with Crippen LogP contribution < -0.4 is 14.8 Å². The molecule has 0 spiro atoms. The summed E-state index contributed by atoms with van der Waals surface area (Å²) in [6.45, 7) is 5.25. The fraction of sp³-hybridized carbons (Fsp3) is 0.483. The van der Waals surface area contributed by atoms with E-state index in [0.29, 0.717) is 18.3 Å². The Balaban J connectivity index is 1.34. The van der Waals surface area contributed by atoms with Crippen molar-refractivity contribution in [2.24, 2.45) is 5.92 Å². The van der Waals surface area contributed by atoms with Gasteiger partial charge in [-0.2, -0.15) is 0 Å². The first-order valence-corrected chi connectivity index (χ1v) is 13.8. The van der Waals surface area contributed by atoms with Gasteiger partial charge in [-0.05, 0) is 55.2 Å². The van der Waals surface area contributed by atoms with Gasteiger partial charge in [-0.1, -0.05) is 24.3 Å². The van der Waals surface area contributed by atoms with Gasteiger partial charge in [0.25, 0.3) is 0 Å². The Bertz CT molecular complexity index is 1340. The maximum Gasteiger partial charge on any atom is 0.231 e. The molecule has 0 amide bonds. The van der Waals surface area contributed by atoms with Crippen LogP contribution in [0, 0.1) is 5.92 Å². The molecule has 0 radical (unpaired) electrons. The first-order chi connectivity index (χ1) is 18.5. The fourth-order valence-corrected chi connectivity index (χ4v) is 6.72. The number of hydrogen-bond donors (Lipinski definition) is 3. The second-order valence-electron chi connectivity index (χ2n) is 10.6. The van der Waals surface area contributed by atoms with Crippen molar-refractivity contribution < 1.29 is 19.3 Å². The van der Waals surface area contributed by atoms with Crippen LogP contribution in [-0.4, -0.2) is 84.3 Å². The molecule has 4 heterocycles. The lowest BCUT2D eigenvalue weighted by atomic mass is 9.80. The number of benzene rings is 2. The summed E-state index contributed by atoms with van der Waals surface area (Å²) in [5.74, 6) is 1.69. The maximum atomic E-state index is 10.8. The summed E-state index contributed by atoms with van der Waals surface area (Å²) in [5.41, 5.74) is 6.13. The molecule has 3 aliphatic rings. The molecule has 3 aromatic rings. The smallest absolute Gasteiger partial charge is 0.231 e. The highest BCUT2D eigenvalue weighted by atomic mass is 32.1. The van der Waals surface area contributed by atoms with Crippen molar-refractivity contribution in [2.75, 3.05) is 47.2 Å². The van der Waals surface area contributed by atoms with Crippen molar-refractivity contribution in [3.63, 3.8) is 0 Å². The molecular weight excluding hydrogens is 500 g/mol. The number of hydrogen-bond acceptors (Lipinski definition) is 6. The van der Waals surface area contributed by atoms with Gasteiger partial charge in [0.15, 0.2) is 16.6 Å². The Morgan fingerprint density at radius 3 is 2.95 bits per heavy atom. The Hall–Kier alpha value is -2.85. The number of thiocarbonyl (C=S) groups is 1. The Morgan fingerprint density at radius 1 is 1.29 bits per heavy atom. The molecule has 4 atom stereocenters. The van der Waals surface area contributed by atoms with Gasteiger partial charge in [0.1, 0.15) is 0 Å². The summed E-state index contributed by atoms with van der Waals surface area (Å²) in [7, 11) is 3.73. The number of methoxy groups -OCH3 is 1. The molecule has 1 saturated heterocycles. The van der Waals surface area contributed by atoms with Gasteiger partial charge in [-0.15, -0.1) is 0 Å². The molecule has 202 valence electrons. The van der Waals surface area contributed by atoms with Gasteiger partial charge in [-0.25, -0.2) is 0 Å². The minimum atomic E-state index is -0.424. The van der Waals surface area contributed by atoms with Crippen LogP contribution >= 0.6 is 12.2 Å². The number of aromatic nitrogens is 1. The van der Waals surface area contributed by atoms with Crippen molar-refractivity contribution in [1.82, 2.24) is 20.1 Å². The lowest BCUT2D eigenvalue weighted by Crippen LogP contribution is -2.58. The third-order valence-corrected chi connectivity index (χ3v) is 8.94. The number of rotatable bonds is 6. The zero-order valence-corrected chi connectivity index (χ0v) is 23.0. The lowest BCUT2D eigenvalue weighted by Gasteiger charge is -2.50. The summed E-state index contributed by atoms with van der Waals surface area (Å²) in [6.07, 6.45) is 1.45. The number of aliphatic hydroxyl groups is 1. The minimum Gasteiger partial charge on any atom is -0.454 e. The summed E-state index contributed by atoms with van der Waals surface area (Å²) in [4.78, 5) is 8.56. The van der Waals surface area contributed by atoms with Crippen LogP contribution in [0.3, 0.4) is 0 Å². The van der Waals surface area contributed by atoms with E-state index < -0.39 is 6.10 Å². The number of fused-ring (bicyclic) bond motifs is 6. The van der Waals surface area contributed by atoms with Crippen LogP contribution in [-0.2, 0) is 11.2 Å². The summed E-state index contributed by atoms with van der Waals surface area (Å²) >= 11 is 5.73. The fourth-order valence-electron chi connectivity index (χ4n) is 6.48. The number of ether oxygens (including phenoxy) is 3. The normalized spacial score (nSPS) is 23.1. The SMILES string of the molecule is COCCNC(=S)N(C)[C@H]1C[C@H]2c3[nH]c4c(-c5ccc6c(c5)OCO6)cccc4c3CCN2C[C@H]1[C@H](C)O. The monoisotopic (exact) mass is 536 g/mol. The van der Waals surface area contributed by atoms with Gasteiger partial charge in [0.05, 0.1) is 24.3 Å². The van der Waals surface area contributed by atoms with Crippen LogP contribution in [0.5, 0.6) is 11.5 Å². The highest BCUT2D eigenvalue weighted by Crippen LogP contribution is 2.45. The van der Waals surface area contributed by atoms with Crippen LogP contribution in [0.1, 0.15) is 30.6 Å². The van der Waals surface area contributed by atoms with Crippen molar-refractivity contribution >= 4 is 28.2 Å². The molecule has 2 aromatic carbocycles. The van der Waals surface area contributed by atoms with Gasteiger partial charge in [0.2, 0.25) is 6.79 Å². The highest BCUT2D eigenvalue weighted by Gasteiger charge is 2.43. The molecule has 0 saturated carbocycles. The number of aromatic amines is 1. The van der Waals surface area contributed by atoms with E-state index in [-0.39, 0.29) is 24.8 Å². The van der Waals surface area contributed by atoms with E-state index in [1.165, 1.54) is 16.6 Å². The highest BCUT2D eigenvalue weighted by molar-refractivity contribution is 7.80. The quantitative estimate of drug-likeness (QED) is 0.325. The number of piperidine rings is 1. The van der Waals surface area contributed by atoms with Crippen molar-refractivity contribution in [3.8, 4) is 22.6 Å². The molecule has 3 N–H and O–H groups in total. The van der Waals surface area contributed by atoms with Gasteiger partial charge >= 0.3 is 0 Å². The first-order valence-electron chi connectivity index (χ1n) is 13.4. The molecule has 0 unspecified atom stereocenters. The molecule has 0 bridgehead atoms. The van der Waals surface area contributed by atoms with E-state index in [1.807, 2.05) is 20.0 Å². The average molecular weight is 537 g/mol. The predicted octanol–water partition coefficient (Wildman–Crippen LogP) is 3.68. The number of nitrogens with one attached hydrogen (secondary N) is 2. The van der Waals surface area contributed by atoms with Gasteiger partial charge < -0.3 is 34.5 Å².